The van der Waals surface area contributed by atoms with Crippen LogP contribution in [0.2, 0.25) is 0 Å². The molecule has 0 bridgehead atoms. The van der Waals surface area contributed by atoms with Crippen molar-refractivity contribution in [2.75, 3.05) is 13.4 Å². The number of aromatic nitrogens is 3. The second-order valence-corrected chi connectivity index (χ2v) is 4.75. The van der Waals surface area contributed by atoms with E-state index in [-0.39, 0.29) is 5.69 Å². The molecule has 2 rings (SSSR count). The largest absolute Gasteiger partial charge is 0.497 e. The molecular weight excluding hydrogens is 262 g/mol. The van der Waals surface area contributed by atoms with Gasteiger partial charge in [-0.25, -0.2) is 9.78 Å². The van der Waals surface area contributed by atoms with E-state index in [1.807, 2.05) is 37.4 Å². The Morgan fingerprint density at radius 3 is 2.47 bits per heavy atom. The lowest BCUT2D eigenvalue weighted by Gasteiger charge is -2.09. The number of hydrogen-bond acceptors (Lipinski definition) is 5. The summed E-state index contributed by atoms with van der Waals surface area (Å²) in [6, 6.07) is 7.58. The van der Waals surface area contributed by atoms with Crippen LogP contribution in [0.15, 0.2) is 34.2 Å². The third-order valence-electron chi connectivity index (χ3n) is 2.75. The fourth-order valence-electron chi connectivity index (χ4n) is 1.69. The summed E-state index contributed by atoms with van der Waals surface area (Å²) < 4.78 is 6.66. The molecule has 1 aromatic heterocycles. The number of rotatable bonds is 4. The molecule has 0 saturated heterocycles. The van der Waals surface area contributed by atoms with E-state index < -0.39 is 0 Å². The molecule has 0 spiro atoms. The first-order chi connectivity index (χ1) is 9.13. The van der Waals surface area contributed by atoms with E-state index >= 15 is 0 Å². The van der Waals surface area contributed by atoms with Crippen molar-refractivity contribution in [3.8, 4) is 5.75 Å². The van der Waals surface area contributed by atoms with E-state index in [2.05, 4.69) is 9.97 Å². The van der Waals surface area contributed by atoms with Gasteiger partial charge in [0.05, 0.1) is 13.7 Å². The van der Waals surface area contributed by atoms with Gasteiger partial charge in [0.25, 0.3) is 0 Å². The predicted molar refractivity (Wildman–Crippen MR) is 74.9 cm³/mol. The van der Waals surface area contributed by atoms with Crippen LogP contribution >= 0.6 is 11.8 Å². The van der Waals surface area contributed by atoms with Crippen LogP contribution in [-0.4, -0.2) is 27.9 Å². The molecule has 0 fully saturated rings. The summed E-state index contributed by atoms with van der Waals surface area (Å²) in [4.78, 5) is 20.1. The van der Waals surface area contributed by atoms with Crippen molar-refractivity contribution in [3.63, 3.8) is 0 Å². The number of hydrogen-bond donors (Lipinski definition) is 0. The molecule has 6 heteroatoms. The fraction of sp³-hybridized carbons (Fsp3) is 0.308. The molecule has 0 aliphatic carbocycles. The highest BCUT2D eigenvalue weighted by atomic mass is 32.2. The summed E-state index contributed by atoms with van der Waals surface area (Å²) in [7, 11) is 1.62. The molecule has 1 heterocycles. The van der Waals surface area contributed by atoms with Crippen LogP contribution in [0.4, 0.5) is 0 Å². The zero-order valence-corrected chi connectivity index (χ0v) is 11.9. The lowest BCUT2D eigenvalue weighted by Crippen LogP contribution is -2.27. The summed E-state index contributed by atoms with van der Waals surface area (Å²) >= 11 is 1.36. The predicted octanol–water partition coefficient (Wildman–Crippen LogP) is 1.73. The molecule has 0 aliphatic heterocycles. The number of benzene rings is 1. The van der Waals surface area contributed by atoms with Crippen molar-refractivity contribution < 1.29 is 4.74 Å². The zero-order chi connectivity index (χ0) is 13.8. The quantitative estimate of drug-likeness (QED) is 0.797. The van der Waals surface area contributed by atoms with Gasteiger partial charge in [-0.15, -0.1) is 0 Å². The topological polar surface area (TPSA) is 57.0 Å². The molecule has 100 valence electrons. The molecule has 2 aromatic rings. The molecule has 0 saturated carbocycles. The summed E-state index contributed by atoms with van der Waals surface area (Å²) in [5.41, 5.74) is 0.735. The Labute approximate surface area is 115 Å². The van der Waals surface area contributed by atoms with Gasteiger partial charge in [0.2, 0.25) is 0 Å². The van der Waals surface area contributed by atoms with Gasteiger partial charge in [-0.2, -0.15) is 4.98 Å². The molecular formula is C13H15N3O2S. The van der Waals surface area contributed by atoms with E-state index in [0.29, 0.717) is 17.5 Å². The minimum atomic E-state index is -0.271. The highest BCUT2D eigenvalue weighted by Crippen LogP contribution is 2.12. The fourth-order valence-corrected chi connectivity index (χ4v) is 2.08. The average molecular weight is 277 g/mol. The standard InChI is InChI=1S/C13H15N3O2S/c1-9-14-12(19-3)15-13(17)16(9)8-10-4-6-11(18-2)7-5-10/h4-7H,8H2,1-3H3. The van der Waals surface area contributed by atoms with Gasteiger partial charge in [0.1, 0.15) is 11.6 Å². The summed E-state index contributed by atoms with van der Waals surface area (Å²) in [6.07, 6.45) is 1.85. The molecule has 0 atom stereocenters. The maximum Gasteiger partial charge on any atom is 0.351 e. The second kappa shape index (κ2) is 5.88. The Kier molecular flexibility index (Phi) is 4.21. The first-order valence-electron chi connectivity index (χ1n) is 5.76. The normalized spacial score (nSPS) is 10.5. The highest BCUT2D eigenvalue weighted by Gasteiger charge is 2.06. The van der Waals surface area contributed by atoms with Crippen molar-refractivity contribution in [1.29, 1.82) is 0 Å². The first-order valence-corrected chi connectivity index (χ1v) is 6.99. The van der Waals surface area contributed by atoms with Crippen LogP contribution in [0.3, 0.4) is 0 Å². The number of thioether (sulfide) groups is 1. The third kappa shape index (κ3) is 3.14. The van der Waals surface area contributed by atoms with Gasteiger partial charge >= 0.3 is 5.69 Å². The molecule has 0 unspecified atom stereocenters. The van der Waals surface area contributed by atoms with Crippen molar-refractivity contribution in [2.45, 2.75) is 18.6 Å². The lowest BCUT2D eigenvalue weighted by molar-refractivity contribution is 0.414. The van der Waals surface area contributed by atoms with Crippen LogP contribution in [0.5, 0.6) is 5.75 Å². The zero-order valence-electron chi connectivity index (χ0n) is 11.1. The van der Waals surface area contributed by atoms with Crippen LogP contribution in [0.1, 0.15) is 11.4 Å². The Bertz CT molecular complexity index is 623. The summed E-state index contributed by atoms with van der Waals surface area (Å²) in [5, 5.41) is 0.508. The summed E-state index contributed by atoms with van der Waals surface area (Å²) in [6.45, 7) is 2.27. The van der Waals surface area contributed by atoms with Crippen LogP contribution in [-0.2, 0) is 6.54 Å². The molecule has 0 aliphatic rings. The van der Waals surface area contributed by atoms with E-state index in [1.54, 1.807) is 11.7 Å². The molecule has 19 heavy (non-hydrogen) atoms. The Morgan fingerprint density at radius 1 is 1.26 bits per heavy atom. The second-order valence-electron chi connectivity index (χ2n) is 3.97. The molecule has 0 amide bonds. The molecule has 1 aromatic carbocycles. The van der Waals surface area contributed by atoms with Gasteiger partial charge in [-0.3, -0.25) is 4.57 Å². The van der Waals surface area contributed by atoms with E-state index in [4.69, 9.17) is 4.74 Å². The lowest BCUT2D eigenvalue weighted by atomic mass is 10.2. The van der Waals surface area contributed by atoms with Crippen molar-refractivity contribution >= 4 is 11.8 Å². The Balaban J connectivity index is 2.30. The van der Waals surface area contributed by atoms with Crippen LogP contribution in [0.25, 0.3) is 0 Å². The monoisotopic (exact) mass is 277 g/mol. The van der Waals surface area contributed by atoms with Crippen molar-refractivity contribution in [3.05, 3.63) is 46.1 Å². The Morgan fingerprint density at radius 2 is 1.95 bits per heavy atom. The van der Waals surface area contributed by atoms with Gasteiger partial charge in [0, 0.05) is 0 Å². The highest BCUT2D eigenvalue weighted by molar-refractivity contribution is 7.98. The molecule has 0 radical (unpaired) electrons. The number of nitrogens with zero attached hydrogens (tertiary/aromatic N) is 3. The van der Waals surface area contributed by atoms with Gasteiger partial charge in [-0.05, 0) is 30.9 Å². The van der Waals surface area contributed by atoms with Gasteiger partial charge < -0.3 is 4.74 Å². The number of methoxy groups -OCH3 is 1. The molecule has 5 nitrogen and oxygen atoms in total. The van der Waals surface area contributed by atoms with Crippen LogP contribution < -0.4 is 10.4 Å². The number of aryl methyl sites for hydroxylation is 1. The minimum Gasteiger partial charge on any atom is -0.497 e. The van der Waals surface area contributed by atoms with Crippen molar-refractivity contribution in [1.82, 2.24) is 14.5 Å². The summed E-state index contributed by atoms with van der Waals surface area (Å²) in [5.74, 6) is 1.46. The smallest absolute Gasteiger partial charge is 0.351 e. The molecule has 0 N–H and O–H groups in total. The SMILES string of the molecule is COc1ccc(Cn2c(C)nc(SC)nc2=O)cc1. The first kappa shape index (κ1) is 13.6. The minimum absolute atomic E-state index is 0.271. The average Bonchev–Trinajstić information content (AvgIpc) is 2.43. The van der Waals surface area contributed by atoms with E-state index in [1.165, 1.54) is 11.8 Å². The third-order valence-corrected chi connectivity index (χ3v) is 3.30. The van der Waals surface area contributed by atoms with E-state index in [9.17, 15) is 4.79 Å². The van der Waals surface area contributed by atoms with Crippen molar-refractivity contribution in [2.24, 2.45) is 0 Å². The maximum atomic E-state index is 11.9. The number of ether oxygens (including phenoxy) is 1. The van der Waals surface area contributed by atoms with Gasteiger partial charge in [-0.1, -0.05) is 23.9 Å². The van der Waals surface area contributed by atoms with E-state index in [0.717, 1.165) is 11.3 Å². The maximum absolute atomic E-state index is 11.9. The van der Waals surface area contributed by atoms with Gasteiger partial charge in [0.15, 0.2) is 5.16 Å². The van der Waals surface area contributed by atoms with Crippen LogP contribution in [0, 0.1) is 6.92 Å². The Hall–Kier alpha value is -1.82.